The highest BCUT2D eigenvalue weighted by molar-refractivity contribution is 5.43. The van der Waals surface area contributed by atoms with Gasteiger partial charge in [0.2, 0.25) is 0 Å². The molecule has 0 atom stereocenters. The highest BCUT2D eigenvalue weighted by Gasteiger charge is 2.33. The second-order valence-electron chi connectivity index (χ2n) is 8.72. The fraction of sp³-hybridized carbons (Fsp3) is 0.722. The standard InChI is InChI=1S/C18H31/c1-16(2,3)13-10-14(17(4,5)6)12-15(11-13)18(7,8)9/h10-11H,12H2,1-9H3. The lowest BCUT2D eigenvalue weighted by molar-refractivity contribution is 0.400. The lowest BCUT2D eigenvalue weighted by Crippen LogP contribution is -2.25. The quantitative estimate of drug-likeness (QED) is 0.496. The van der Waals surface area contributed by atoms with E-state index in [1.54, 1.807) is 11.5 Å². The Kier molecular flexibility index (Phi) is 3.92. The van der Waals surface area contributed by atoms with Crippen molar-refractivity contribution in [2.24, 2.45) is 16.2 Å². The highest BCUT2D eigenvalue weighted by atomic mass is 14.4. The van der Waals surface area contributed by atoms with Crippen LogP contribution in [-0.2, 0) is 0 Å². The van der Waals surface area contributed by atoms with Crippen molar-refractivity contribution in [3.63, 3.8) is 0 Å². The minimum Gasteiger partial charge on any atom is -0.0728 e. The molecule has 0 aromatic heterocycles. The van der Waals surface area contributed by atoms with Crippen molar-refractivity contribution >= 4 is 0 Å². The third kappa shape index (κ3) is 3.73. The van der Waals surface area contributed by atoms with Crippen molar-refractivity contribution in [1.29, 1.82) is 0 Å². The lowest BCUT2D eigenvalue weighted by Gasteiger charge is -2.38. The Labute approximate surface area is 115 Å². The van der Waals surface area contributed by atoms with Crippen molar-refractivity contribution < 1.29 is 0 Å². The first-order valence-electron chi connectivity index (χ1n) is 7.11. The van der Waals surface area contributed by atoms with Gasteiger partial charge in [0.1, 0.15) is 0 Å². The van der Waals surface area contributed by atoms with Crippen molar-refractivity contribution in [3.05, 3.63) is 29.2 Å². The summed E-state index contributed by atoms with van der Waals surface area (Å²) in [5.41, 5.74) is 3.80. The molecule has 0 amide bonds. The van der Waals surface area contributed by atoms with Crippen LogP contribution in [0.5, 0.6) is 0 Å². The molecule has 18 heavy (non-hydrogen) atoms. The summed E-state index contributed by atoms with van der Waals surface area (Å²) in [5.74, 6) is 1.57. The van der Waals surface area contributed by atoms with Crippen LogP contribution in [0.1, 0.15) is 68.7 Å². The topological polar surface area (TPSA) is 0 Å². The predicted molar refractivity (Wildman–Crippen MR) is 82.4 cm³/mol. The summed E-state index contributed by atoms with van der Waals surface area (Å²) in [4.78, 5) is 0. The van der Waals surface area contributed by atoms with Crippen LogP contribution in [-0.4, -0.2) is 0 Å². The Morgan fingerprint density at radius 1 is 0.667 bits per heavy atom. The Bertz CT molecular complexity index is 358. The molecule has 1 aliphatic carbocycles. The Morgan fingerprint density at radius 3 is 1.50 bits per heavy atom. The third-order valence-corrected chi connectivity index (χ3v) is 3.83. The summed E-state index contributed by atoms with van der Waals surface area (Å²) in [7, 11) is 0. The van der Waals surface area contributed by atoms with E-state index in [1.807, 2.05) is 0 Å². The molecule has 103 valence electrons. The summed E-state index contributed by atoms with van der Waals surface area (Å²) in [6, 6.07) is 0. The van der Waals surface area contributed by atoms with Crippen LogP contribution >= 0.6 is 0 Å². The molecule has 0 aliphatic heterocycles. The molecular weight excluding hydrogens is 216 g/mol. The average Bonchev–Trinajstić information content (AvgIpc) is 2.13. The minimum absolute atomic E-state index is 0.230. The van der Waals surface area contributed by atoms with Gasteiger partial charge < -0.3 is 0 Å². The Morgan fingerprint density at radius 2 is 1.17 bits per heavy atom. The number of rotatable bonds is 0. The molecule has 0 aromatic carbocycles. The van der Waals surface area contributed by atoms with Crippen molar-refractivity contribution in [1.82, 2.24) is 0 Å². The van der Waals surface area contributed by atoms with E-state index in [4.69, 9.17) is 0 Å². The van der Waals surface area contributed by atoms with Crippen molar-refractivity contribution in [2.75, 3.05) is 0 Å². The maximum Gasteiger partial charge on any atom is 0.00728 e. The molecule has 0 bridgehead atoms. The van der Waals surface area contributed by atoms with E-state index in [0.29, 0.717) is 0 Å². The Hall–Kier alpha value is -0.520. The molecule has 0 nitrogen and oxygen atoms in total. The first kappa shape index (κ1) is 15.5. The smallest absolute Gasteiger partial charge is 0.00728 e. The predicted octanol–water partition coefficient (Wildman–Crippen LogP) is 5.96. The van der Waals surface area contributed by atoms with Gasteiger partial charge in [-0.05, 0) is 28.2 Å². The van der Waals surface area contributed by atoms with Gasteiger partial charge in [-0.2, -0.15) is 0 Å². The fourth-order valence-corrected chi connectivity index (χ4v) is 2.12. The molecule has 0 unspecified atom stereocenters. The van der Waals surface area contributed by atoms with E-state index >= 15 is 0 Å². The summed E-state index contributed by atoms with van der Waals surface area (Å²) < 4.78 is 0. The molecule has 1 rings (SSSR count). The molecular formula is C18H31. The minimum atomic E-state index is 0.230. The number of hydrogen-bond acceptors (Lipinski definition) is 0. The van der Waals surface area contributed by atoms with E-state index < -0.39 is 0 Å². The highest BCUT2D eigenvalue weighted by Crippen LogP contribution is 2.46. The largest absolute Gasteiger partial charge is 0.0728 e. The molecule has 0 N–H and O–H groups in total. The van der Waals surface area contributed by atoms with Crippen LogP contribution in [0.15, 0.2) is 23.3 Å². The first-order chi connectivity index (χ1) is 7.82. The second-order valence-corrected chi connectivity index (χ2v) is 8.72. The lowest BCUT2D eigenvalue weighted by atomic mass is 9.66. The maximum absolute atomic E-state index is 2.44. The molecule has 0 heterocycles. The molecule has 1 aliphatic rings. The first-order valence-corrected chi connectivity index (χ1v) is 7.11. The van der Waals surface area contributed by atoms with E-state index in [2.05, 4.69) is 74.5 Å². The van der Waals surface area contributed by atoms with Gasteiger partial charge in [0.15, 0.2) is 0 Å². The van der Waals surface area contributed by atoms with Gasteiger partial charge in [-0.25, -0.2) is 0 Å². The number of hydrogen-bond donors (Lipinski definition) is 0. The summed E-state index contributed by atoms with van der Waals surface area (Å²) >= 11 is 0. The zero-order valence-electron chi connectivity index (χ0n) is 13.9. The molecule has 0 heteroatoms. The SMILES string of the molecule is CC(C)(C)[C]1C=C(C(C)(C)C)C=C(C(C)(C)C)C1. The van der Waals surface area contributed by atoms with Gasteiger partial charge in [-0.3, -0.25) is 0 Å². The maximum atomic E-state index is 2.44. The van der Waals surface area contributed by atoms with Gasteiger partial charge in [0, 0.05) is 5.92 Å². The zero-order chi connectivity index (χ0) is 14.4. The monoisotopic (exact) mass is 247 g/mol. The second kappa shape index (κ2) is 4.54. The van der Waals surface area contributed by atoms with Gasteiger partial charge >= 0.3 is 0 Å². The fourth-order valence-electron chi connectivity index (χ4n) is 2.12. The van der Waals surface area contributed by atoms with Gasteiger partial charge in [-0.15, -0.1) is 0 Å². The van der Waals surface area contributed by atoms with Crippen LogP contribution in [0, 0.1) is 22.2 Å². The summed E-state index contributed by atoms with van der Waals surface area (Å²) in [6.07, 6.45) is 6.01. The van der Waals surface area contributed by atoms with Gasteiger partial charge in [0.25, 0.3) is 0 Å². The summed E-state index contributed by atoms with van der Waals surface area (Å²) in [5, 5.41) is 0. The molecule has 0 aromatic rings. The van der Waals surface area contributed by atoms with Gasteiger partial charge in [-0.1, -0.05) is 80.0 Å². The van der Waals surface area contributed by atoms with Gasteiger partial charge in [0.05, 0.1) is 0 Å². The van der Waals surface area contributed by atoms with Crippen LogP contribution in [0.25, 0.3) is 0 Å². The Balaban J connectivity index is 3.21. The van der Waals surface area contributed by atoms with Crippen molar-refractivity contribution in [3.8, 4) is 0 Å². The van der Waals surface area contributed by atoms with E-state index in [1.165, 1.54) is 5.57 Å². The van der Waals surface area contributed by atoms with E-state index in [9.17, 15) is 0 Å². The average molecular weight is 247 g/mol. The molecule has 0 saturated carbocycles. The van der Waals surface area contributed by atoms with Crippen LogP contribution in [0.2, 0.25) is 0 Å². The summed E-state index contributed by atoms with van der Waals surface area (Å²) in [6.45, 7) is 20.9. The normalized spacial score (nSPS) is 19.6. The molecule has 0 saturated heterocycles. The van der Waals surface area contributed by atoms with Crippen LogP contribution < -0.4 is 0 Å². The molecule has 0 spiro atoms. The number of allylic oxidation sites excluding steroid dienone is 4. The van der Waals surface area contributed by atoms with E-state index in [-0.39, 0.29) is 16.2 Å². The van der Waals surface area contributed by atoms with E-state index in [0.717, 1.165) is 6.42 Å². The van der Waals surface area contributed by atoms with Crippen LogP contribution in [0.3, 0.4) is 0 Å². The molecule has 1 radical (unpaired) electrons. The molecule has 0 fully saturated rings. The van der Waals surface area contributed by atoms with Crippen LogP contribution in [0.4, 0.5) is 0 Å². The van der Waals surface area contributed by atoms with Crippen molar-refractivity contribution in [2.45, 2.75) is 68.7 Å². The zero-order valence-corrected chi connectivity index (χ0v) is 13.9. The third-order valence-electron chi connectivity index (χ3n) is 3.83.